The largest absolute Gasteiger partial charge is 0.465 e. The number of halogens is 1. The van der Waals surface area contributed by atoms with Crippen LogP contribution in [0.5, 0.6) is 0 Å². The van der Waals surface area contributed by atoms with Crippen molar-refractivity contribution < 1.29 is 23.9 Å². The number of ether oxygens (including phenoxy) is 1. The Bertz CT molecular complexity index is 1460. The van der Waals surface area contributed by atoms with Crippen molar-refractivity contribution in [1.29, 1.82) is 0 Å². The van der Waals surface area contributed by atoms with Gasteiger partial charge in [0.05, 0.1) is 18.4 Å². The summed E-state index contributed by atoms with van der Waals surface area (Å²) in [7, 11) is 1.24. The molecule has 186 valence electrons. The van der Waals surface area contributed by atoms with Crippen LogP contribution in [0.3, 0.4) is 0 Å². The van der Waals surface area contributed by atoms with E-state index in [0.717, 1.165) is 16.9 Å². The van der Waals surface area contributed by atoms with E-state index in [2.05, 4.69) is 11.4 Å². The van der Waals surface area contributed by atoms with Gasteiger partial charge in [-0.3, -0.25) is 14.4 Å². The van der Waals surface area contributed by atoms with Crippen LogP contribution in [0.1, 0.15) is 31.8 Å². The average molecular weight is 516 g/mol. The molecule has 0 saturated carbocycles. The molecule has 0 radical (unpaired) electrons. The summed E-state index contributed by atoms with van der Waals surface area (Å²) in [6, 6.07) is 20.7. The number of hydrogen-bond acceptors (Lipinski definition) is 6. The maximum atomic E-state index is 13.1. The molecule has 0 saturated heterocycles. The van der Waals surface area contributed by atoms with Crippen molar-refractivity contribution in [3.63, 3.8) is 0 Å². The fraction of sp³-hybridized carbons (Fsp3) is 0.143. The summed E-state index contributed by atoms with van der Waals surface area (Å²) in [5.74, 6) is -2.05. The van der Waals surface area contributed by atoms with E-state index in [-0.39, 0.29) is 27.9 Å². The van der Waals surface area contributed by atoms with Crippen LogP contribution in [-0.2, 0) is 27.3 Å². The monoisotopic (exact) mass is 515 g/mol. The number of carbonyl (C=O) groups is 4. The van der Waals surface area contributed by atoms with Gasteiger partial charge in [0, 0.05) is 24.3 Å². The zero-order valence-electron chi connectivity index (χ0n) is 19.9. The molecular formula is C28H22ClN3O5. The fourth-order valence-electron chi connectivity index (χ4n) is 4.43. The molecule has 3 amide bonds. The standard InChI is InChI=1S/C28H22ClN3O5/c1-37-28(36)19-7-4-8-22(15-19)32-26(34)23(29)24(27(32)35)30-21-11-9-18(10-12-21)25(33)31-14-13-17-5-2-3-6-20(17)16-31/h2-12,15,30H,13-14,16H2,1H3. The van der Waals surface area contributed by atoms with E-state index in [1.54, 1.807) is 24.3 Å². The Morgan fingerprint density at radius 3 is 2.35 bits per heavy atom. The minimum Gasteiger partial charge on any atom is -0.465 e. The number of hydrogen-bond donors (Lipinski definition) is 1. The van der Waals surface area contributed by atoms with Gasteiger partial charge in [0.2, 0.25) is 0 Å². The number of rotatable bonds is 5. The molecule has 0 aliphatic carbocycles. The summed E-state index contributed by atoms with van der Waals surface area (Å²) in [6.07, 6.45) is 0.809. The molecule has 0 spiro atoms. The van der Waals surface area contributed by atoms with Crippen molar-refractivity contribution >= 4 is 46.7 Å². The van der Waals surface area contributed by atoms with Crippen LogP contribution in [0.2, 0.25) is 0 Å². The molecule has 0 unspecified atom stereocenters. The second-order valence-corrected chi connectivity index (χ2v) is 9.00. The van der Waals surface area contributed by atoms with E-state index in [1.165, 1.54) is 36.9 Å². The highest BCUT2D eigenvalue weighted by atomic mass is 35.5. The minimum atomic E-state index is -0.714. The van der Waals surface area contributed by atoms with Gasteiger partial charge in [-0.15, -0.1) is 0 Å². The fourth-order valence-corrected chi connectivity index (χ4v) is 4.64. The zero-order valence-corrected chi connectivity index (χ0v) is 20.6. The zero-order chi connectivity index (χ0) is 26.1. The smallest absolute Gasteiger partial charge is 0.337 e. The molecule has 2 aliphatic rings. The van der Waals surface area contributed by atoms with Gasteiger partial charge in [-0.2, -0.15) is 0 Å². The predicted octanol–water partition coefficient (Wildman–Crippen LogP) is 4.11. The van der Waals surface area contributed by atoms with Crippen LogP contribution in [0, 0.1) is 0 Å². The normalized spacial score (nSPS) is 15.1. The van der Waals surface area contributed by atoms with Gasteiger partial charge in [0.25, 0.3) is 17.7 Å². The number of methoxy groups -OCH3 is 1. The molecule has 5 rings (SSSR count). The first kappa shape index (κ1) is 24.3. The summed E-state index contributed by atoms with van der Waals surface area (Å²) in [6.45, 7) is 1.20. The van der Waals surface area contributed by atoms with Crippen LogP contribution >= 0.6 is 11.6 Å². The van der Waals surface area contributed by atoms with E-state index in [4.69, 9.17) is 16.3 Å². The van der Waals surface area contributed by atoms with E-state index in [1.807, 2.05) is 23.1 Å². The summed E-state index contributed by atoms with van der Waals surface area (Å²) >= 11 is 6.22. The molecule has 3 aromatic carbocycles. The van der Waals surface area contributed by atoms with Crippen LogP contribution in [-0.4, -0.2) is 42.2 Å². The van der Waals surface area contributed by atoms with Gasteiger partial charge < -0.3 is 15.0 Å². The number of imide groups is 1. The molecule has 0 atom stereocenters. The lowest BCUT2D eigenvalue weighted by molar-refractivity contribution is -0.120. The SMILES string of the molecule is COC(=O)c1cccc(N2C(=O)C(Cl)=C(Nc3ccc(C(=O)N4CCc5ccccc5C4)cc3)C2=O)c1. The number of esters is 1. The number of benzene rings is 3. The Morgan fingerprint density at radius 1 is 0.892 bits per heavy atom. The van der Waals surface area contributed by atoms with Crippen LogP contribution in [0.15, 0.2) is 83.5 Å². The third-order valence-electron chi connectivity index (χ3n) is 6.37. The van der Waals surface area contributed by atoms with Crippen LogP contribution < -0.4 is 10.2 Å². The predicted molar refractivity (Wildman–Crippen MR) is 138 cm³/mol. The van der Waals surface area contributed by atoms with Crippen molar-refractivity contribution in [2.45, 2.75) is 13.0 Å². The number of fused-ring (bicyclic) bond motifs is 1. The first-order valence-corrected chi connectivity index (χ1v) is 11.9. The van der Waals surface area contributed by atoms with Gasteiger partial charge in [-0.05, 0) is 60.0 Å². The number of anilines is 2. The highest BCUT2D eigenvalue weighted by Gasteiger charge is 2.39. The van der Waals surface area contributed by atoms with Crippen molar-refractivity contribution in [1.82, 2.24) is 4.90 Å². The number of amides is 3. The maximum Gasteiger partial charge on any atom is 0.337 e. The summed E-state index contributed by atoms with van der Waals surface area (Å²) < 4.78 is 4.71. The van der Waals surface area contributed by atoms with Crippen molar-refractivity contribution in [2.24, 2.45) is 0 Å². The molecule has 8 nitrogen and oxygen atoms in total. The molecule has 3 aromatic rings. The quantitative estimate of drug-likeness (QED) is 0.406. The molecule has 37 heavy (non-hydrogen) atoms. The van der Waals surface area contributed by atoms with Crippen LogP contribution in [0.4, 0.5) is 11.4 Å². The average Bonchev–Trinajstić information content (AvgIpc) is 3.15. The molecule has 9 heteroatoms. The molecule has 1 N–H and O–H groups in total. The van der Waals surface area contributed by atoms with Crippen molar-refractivity contribution in [2.75, 3.05) is 23.9 Å². The second-order valence-electron chi connectivity index (χ2n) is 8.62. The molecule has 0 bridgehead atoms. The molecule has 2 heterocycles. The van der Waals surface area contributed by atoms with Gasteiger partial charge >= 0.3 is 5.97 Å². The Labute approximate surface area is 218 Å². The Hall–Kier alpha value is -4.43. The van der Waals surface area contributed by atoms with E-state index in [0.29, 0.717) is 24.3 Å². The Kier molecular flexibility index (Phi) is 6.50. The molecule has 0 aromatic heterocycles. The van der Waals surface area contributed by atoms with Crippen molar-refractivity contribution in [3.8, 4) is 0 Å². The number of nitrogens with zero attached hydrogens (tertiary/aromatic N) is 2. The van der Waals surface area contributed by atoms with Gasteiger partial charge in [-0.25, -0.2) is 9.69 Å². The van der Waals surface area contributed by atoms with Gasteiger partial charge in [-0.1, -0.05) is 41.9 Å². The molecule has 2 aliphatic heterocycles. The lowest BCUT2D eigenvalue weighted by Crippen LogP contribution is -2.35. The lowest BCUT2D eigenvalue weighted by Gasteiger charge is -2.29. The van der Waals surface area contributed by atoms with Gasteiger partial charge in [0.15, 0.2) is 0 Å². The summed E-state index contributed by atoms with van der Waals surface area (Å²) in [5, 5.41) is 2.62. The van der Waals surface area contributed by atoms with Crippen LogP contribution in [0.25, 0.3) is 0 Å². The highest BCUT2D eigenvalue weighted by molar-refractivity contribution is 6.53. The summed E-state index contributed by atoms with van der Waals surface area (Å²) in [4.78, 5) is 53.5. The molecular weight excluding hydrogens is 494 g/mol. The molecule has 0 fully saturated rings. The second kappa shape index (κ2) is 9.91. The first-order valence-electron chi connectivity index (χ1n) is 11.6. The number of nitrogens with one attached hydrogen (secondary N) is 1. The third-order valence-corrected chi connectivity index (χ3v) is 6.72. The maximum absolute atomic E-state index is 13.1. The Balaban J connectivity index is 1.30. The topological polar surface area (TPSA) is 96.0 Å². The Morgan fingerprint density at radius 2 is 1.62 bits per heavy atom. The first-order chi connectivity index (χ1) is 17.9. The summed E-state index contributed by atoms with van der Waals surface area (Å²) in [5.41, 5.74) is 3.69. The minimum absolute atomic E-state index is 0.0814. The van der Waals surface area contributed by atoms with E-state index < -0.39 is 17.8 Å². The third kappa shape index (κ3) is 4.59. The highest BCUT2D eigenvalue weighted by Crippen LogP contribution is 2.31. The van der Waals surface area contributed by atoms with Gasteiger partial charge in [0.1, 0.15) is 10.7 Å². The van der Waals surface area contributed by atoms with E-state index >= 15 is 0 Å². The number of carbonyl (C=O) groups excluding carboxylic acids is 4. The lowest BCUT2D eigenvalue weighted by atomic mass is 9.99. The van der Waals surface area contributed by atoms with E-state index in [9.17, 15) is 19.2 Å². The van der Waals surface area contributed by atoms with Crippen molar-refractivity contribution in [3.05, 3.63) is 106 Å².